The summed E-state index contributed by atoms with van der Waals surface area (Å²) in [6.45, 7) is 7.48. The topological polar surface area (TPSA) is 20.2 Å². The van der Waals surface area contributed by atoms with Crippen molar-refractivity contribution in [2.75, 3.05) is 0 Å². The predicted octanol–water partition coefficient (Wildman–Crippen LogP) is 2.64. The van der Waals surface area contributed by atoms with E-state index in [1.807, 2.05) is 24.3 Å². The van der Waals surface area contributed by atoms with Crippen molar-refractivity contribution in [1.29, 1.82) is 0 Å². The second kappa shape index (κ2) is 5.40. The Labute approximate surface area is 85.4 Å². The zero-order valence-corrected chi connectivity index (χ0v) is 8.37. The van der Waals surface area contributed by atoms with Crippen molar-refractivity contribution in [2.45, 2.75) is 19.4 Å². The minimum atomic E-state index is 0.0914. The van der Waals surface area contributed by atoms with Crippen molar-refractivity contribution in [3.05, 3.63) is 60.2 Å². The number of hydrogen-bond donors (Lipinski definition) is 1. The smallest absolute Gasteiger partial charge is 0.0684 e. The molecule has 0 fully saturated rings. The van der Waals surface area contributed by atoms with Crippen LogP contribution in [0.25, 0.3) is 0 Å². The first kappa shape index (κ1) is 10.7. The lowest BCUT2D eigenvalue weighted by Crippen LogP contribution is -1.94. The van der Waals surface area contributed by atoms with Gasteiger partial charge in [0, 0.05) is 0 Å². The van der Waals surface area contributed by atoms with Crippen LogP contribution in [0.2, 0.25) is 0 Å². The van der Waals surface area contributed by atoms with Crippen LogP contribution in [0, 0.1) is 0 Å². The van der Waals surface area contributed by atoms with Gasteiger partial charge in [0.15, 0.2) is 0 Å². The number of allylic oxidation sites excluding steroid dienone is 2. The third kappa shape index (κ3) is 2.57. The maximum atomic E-state index is 9.18. The van der Waals surface area contributed by atoms with Gasteiger partial charge in [-0.15, -0.1) is 13.2 Å². The highest BCUT2D eigenvalue weighted by molar-refractivity contribution is 5.33. The SMILES string of the molecule is C=CCc1ccc(CC=C)c(CO)c1. The molecular formula is C13H16O. The molecule has 0 bridgehead atoms. The van der Waals surface area contributed by atoms with E-state index in [0.717, 1.165) is 24.0 Å². The van der Waals surface area contributed by atoms with Crippen LogP contribution in [0.4, 0.5) is 0 Å². The van der Waals surface area contributed by atoms with E-state index in [2.05, 4.69) is 19.2 Å². The van der Waals surface area contributed by atoms with E-state index in [1.165, 1.54) is 5.56 Å². The summed E-state index contributed by atoms with van der Waals surface area (Å²) in [6, 6.07) is 6.15. The zero-order chi connectivity index (χ0) is 10.4. The Morgan fingerprint density at radius 2 is 1.79 bits per heavy atom. The fourth-order valence-corrected chi connectivity index (χ4v) is 1.47. The largest absolute Gasteiger partial charge is 0.392 e. The molecular weight excluding hydrogens is 172 g/mol. The number of aliphatic hydroxyl groups excluding tert-OH is 1. The quantitative estimate of drug-likeness (QED) is 0.704. The van der Waals surface area contributed by atoms with Crippen LogP contribution in [0.3, 0.4) is 0 Å². The van der Waals surface area contributed by atoms with Gasteiger partial charge in [0.25, 0.3) is 0 Å². The summed E-state index contributed by atoms with van der Waals surface area (Å²) in [6.07, 6.45) is 5.37. The van der Waals surface area contributed by atoms with Gasteiger partial charge in [0.2, 0.25) is 0 Å². The Hall–Kier alpha value is -1.34. The van der Waals surface area contributed by atoms with Crippen molar-refractivity contribution in [1.82, 2.24) is 0 Å². The highest BCUT2D eigenvalue weighted by Gasteiger charge is 2.00. The van der Waals surface area contributed by atoms with E-state index in [1.54, 1.807) is 0 Å². The molecule has 1 aromatic carbocycles. The van der Waals surface area contributed by atoms with Gasteiger partial charge in [-0.3, -0.25) is 0 Å². The van der Waals surface area contributed by atoms with Crippen LogP contribution < -0.4 is 0 Å². The normalized spacial score (nSPS) is 9.79. The molecule has 1 nitrogen and oxygen atoms in total. The van der Waals surface area contributed by atoms with E-state index in [4.69, 9.17) is 0 Å². The molecule has 0 radical (unpaired) electrons. The van der Waals surface area contributed by atoms with Gasteiger partial charge in [-0.1, -0.05) is 30.4 Å². The Morgan fingerprint density at radius 3 is 2.36 bits per heavy atom. The van der Waals surface area contributed by atoms with Gasteiger partial charge in [-0.05, 0) is 29.5 Å². The van der Waals surface area contributed by atoms with Crippen LogP contribution in [0.5, 0.6) is 0 Å². The predicted molar refractivity (Wildman–Crippen MR) is 60.2 cm³/mol. The third-order valence-electron chi connectivity index (χ3n) is 2.19. The summed E-state index contributed by atoms with van der Waals surface area (Å²) < 4.78 is 0. The first-order valence-corrected chi connectivity index (χ1v) is 4.75. The van der Waals surface area contributed by atoms with Crippen molar-refractivity contribution in [2.24, 2.45) is 0 Å². The van der Waals surface area contributed by atoms with Gasteiger partial charge in [0.1, 0.15) is 0 Å². The number of benzene rings is 1. The second-order valence-corrected chi connectivity index (χ2v) is 3.25. The zero-order valence-electron chi connectivity index (χ0n) is 8.37. The molecule has 0 spiro atoms. The molecule has 0 unspecified atom stereocenters. The van der Waals surface area contributed by atoms with Crippen LogP contribution in [-0.4, -0.2) is 5.11 Å². The number of rotatable bonds is 5. The Kier molecular flexibility index (Phi) is 4.14. The molecule has 0 amide bonds. The maximum Gasteiger partial charge on any atom is 0.0684 e. The minimum Gasteiger partial charge on any atom is -0.392 e. The van der Waals surface area contributed by atoms with Crippen molar-refractivity contribution >= 4 is 0 Å². The summed E-state index contributed by atoms with van der Waals surface area (Å²) in [5.41, 5.74) is 3.33. The summed E-state index contributed by atoms with van der Waals surface area (Å²) >= 11 is 0. The maximum absolute atomic E-state index is 9.18. The highest BCUT2D eigenvalue weighted by atomic mass is 16.3. The molecule has 0 saturated carbocycles. The molecule has 1 rings (SSSR count). The lowest BCUT2D eigenvalue weighted by molar-refractivity contribution is 0.280. The summed E-state index contributed by atoms with van der Waals surface area (Å²) in [5, 5.41) is 9.18. The Balaban J connectivity index is 2.97. The molecule has 0 aliphatic heterocycles. The van der Waals surface area contributed by atoms with Gasteiger partial charge in [0.05, 0.1) is 6.61 Å². The van der Waals surface area contributed by atoms with Gasteiger partial charge in [-0.25, -0.2) is 0 Å². The van der Waals surface area contributed by atoms with Gasteiger partial charge < -0.3 is 5.11 Å². The molecule has 1 N–H and O–H groups in total. The first-order valence-electron chi connectivity index (χ1n) is 4.75. The molecule has 14 heavy (non-hydrogen) atoms. The van der Waals surface area contributed by atoms with Crippen LogP contribution in [-0.2, 0) is 19.4 Å². The van der Waals surface area contributed by atoms with Crippen LogP contribution >= 0.6 is 0 Å². The molecule has 1 aromatic rings. The summed E-state index contributed by atoms with van der Waals surface area (Å²) in [5.74, 6) is 0. The number of hydrogen-bond acceptors (Lipinski definition) is 1. The van der Waals surface area contributed by atoms with Crippen molar-refractivity contribution in [3.63, 3.8) is 0 Å². The summed E-state index contributed by atoms with van der Waals surface area (Å²) in [4.78, 5) is 0. The van der Waals surface area contributed by atoms with Crippen LogP contribution in [0.15, 0.2) is 43.5 Å². The van der Waals surface area contributed by atoms with E-state index >= 15 is 0 Å². The molecule has 74 valence electrons. The monoisotopic (exact) mass is 188 g/mol. The van der Waals surface area contributed by atoms with Gasteiger partial charge >= 0.3 is 0 Å². The molecule has 0 aliphatic rings. The van der Waals surface area contributed by atoms with E-state index in [0.29, 0.717) is 0 Å². The highest BCUT2D eigenvalue weighted by Crippen LogP contribution is 2.14. The average molecular weight is 188 g/mol. The minimum absolute atomic E-state index is 0.0914. The van der Waals surface area contributed by atoms with Crippen LogP contribution in [0.1, 0.15) is 16.7 Å². The second-order valence-electron chi connectivity index (χ2n) is 3.25. The van der Waals surface area contributed by atoms with Crippen molar-refractivity contribution < 1.29 is 5.11 Å². The lowest BCUT2D eigenvalue weighted by atomic mass is 10.0. The molecule has 0 atom stereocenters. The molecule has 1 heteroatoms. The van der Waals surface area contributed by atoms with Crippen molar-refractivity contribution in [3.8, 4) is 0 Å². The molecule has 0 aromatic heterocycles. The average Bonchev–Trinajstić information content (AvgIpc) is 2.21. The fourth-order valence-electron chi connectivity index (χ4n) is 1.47. The Morgan fingerprint density at radius 1 is 1.07 bits per heavy atom. The Bertz CT molecular complexity index is 326. The van der Waals surface area contributed by atoms with E-state index in [9.17, 15) is 5.11 Å². The standard InChI is InChI=1S/C13H16O/c1-3-5-11-7-8-12(6-4-2)13(9-11)10-14/h3-4,7-9,14H,1-2,5-6,10H2. The van der Waals surface area contributed by atoms with Gasteiger partial charge in [-0.2, -0.15) is 0 Å². The lowest BCUT2D eigenvalue weighted by Gasteiger charge is -2.07. The fraction of sp³-hybridized carbons (Fsp3) is 0.231. The van der Waals surface area contributed by atoms with E-state index in [-0.39, 0.29) is 6.61 Å². The molecule has 0 aliphatic carbocycles. The summed E-state index contributed by atoms with van der Waals surface area (Å²) in [7, 11) is 0. The third-order valence-corrected chi connectivity index (χ3v) is 2.19. The molecule has 0 saturated heterocycles. The number of aliphatic hydroxyl groups is 1. The first-order chi connectivity index (χ1) is 6.81. The molecule has 0 heterocycles. The van der Waals surface area contributed by atoms with E-state index < -0.39 is 0 Å².